The highest BCUT2D eigenvalue weighted by Crippen LogP contribution is 2.50. The number of fused-ring (bicyclic) bond motifs is 2. The molecule has 0 saturated heterocycles. The number of hydrazine groups is 1. The Bertz CT molecular complexity index is 387. The van der Waals surface area contributed by atoms with Crippen LogP contribution in [0, 0.1) is 24.7 Å². The Morgan fingerprint density at radius 3 is 2.88 bits per heavy atom. The number of hydrogen-bond donors (Lipinski definition) is 2. The predicted octanol–water partition coefficient (Wildman–Crippen LogP) is 2.92. The fourth-order valence-electron chi connectivity index (χ4n) is 3.96. The minimum atomic E-state index is 0.189. The summed E-state index contributed by atoms with van der Waals surface area (Å²) in [6.07, 6.45) is 8.65. The molecule has 2 saturated carbocycles. The van der Waals surface area contributed by atoms with Crippen LogP contribution in [0.25, 0.3) is 0 Å². The van der Waals surface area contributed by atoms with Crippen LogP contribution >= 0.6 is 0 Å². The van der Waals surface area contributed by atoms with Gasteiger partial charge in [-0.3, -0.25) is 5.84 Å². The van der Waals surface area contributed by atoms with E-state index in [1.807, 2.05) is 6.07 Å². The van der Waals surface area contributed by atoms with E-state index in [1.54, 1.807) is 6.26 Å². The third-order valence-corrected chi connectivity index (χ3v) is 4.84. The zero-order valence-electron chi connectivity index (χ0n) is 10.5. The number of aryl methyl sites for hydroxylation is 1. The molecule has 3 rings (SSSR count). The van der Waals surface area contributed by atoms with E-state index in [9.17, 15) is 0 Å². The van der Waals surface area contributed by atoms with Crippen molar-refractivity contribution < 1.29 is 4.42 Å². The van der Waals surface area contributed by atoms with Crippen LogP contribution < -0.4 is 11.3 Å². The second-order valence-electron chi connectivity index (χ2n) is 5.86. The molecule has 2 bridgehead atoms. The summed E-state index contributed by atoms with van der Waals surface area (Å²) in [7, 11) is 0. The molecule has 0 aromatic carbocycles. The first-order chi connectivity index (χ1) is 8.28. The Kier molecular flexibility index (Phi) is 2.97. The third-order valence-electron chi connectivity index (χ3n) is 4.84. The Balaban J connectivity index is 1.69. The average Bonchev–Trinajstić information content (AvgIpc) is 3.02. The summed E-state index contributed by atoms with van der Waals surface area (Å²) in [6, 6.07) is 2.20. The van der Waals surface area contributed by atoms with Crippen LogP contribution in [0.2, 0.25) is 0 Å². The number of rotatable bonds is 4. The van der Waals surface area contributed by atoms with Crippen molar-refractivity contribution >= 4 is 0 Å². The fraction of sp³-hybridized carbons (Fsp3) is 0.714. The van der Waals surface area contributed by atoms with Gasteiger partial charge >= 0.3 is 0 Å². The first kappa shape index (κ1) is 11.3. The Morgan fingerprint density at radius 2 is 2.35 bits per heavy atom. The molecule has 0 radical (unpaired) electrons. The van der Waals surface area contributed by atoms with Gasteiger partial charge in [0.2, 0.25) is 0 Å². The van der Waals surface area contributed by atoms with E-state index < -0.39 is 0 Å². The topological polar surface area (TPSA) is 51.2 Å². The van der Waals surface area contributed by atoms with E-state index in [2.05, 4.69) is 12.3 Å². The third kappa shape index (κ3) is 2.02. The molecule has 94 valence electrons. The molecule has 2 aliphatic rings. The lowest BCUT2D eigenvalue weighted by Crippen LogP contribution is -2.30. The lowest BCUT2D eigenvalue weighted by atomic mass is 9.83. The highest BCUT2D eigenvalue weighted by atomic mass is 16.3. The van der Waals surface area contributed by atoms with Crippen LogP contribution in [-0.2, 0) is 0 Å². The molecule has 3 N–H and O–H groups in total. The molecule has 4 unspecified atom stereocenters. The summed E-state index contributed by atoms with van der Waals surface area (Å²) in [5.41, 5.74) is 4.14. The molecule has 1 aromatic rings. The highest BCUT2D eigenvalue weighted by molar-refractivity contribution is 5.18. The monoisotopic (exact) mass is 234 g/mol. The van der Waals surface area contributed by atoms with E-state index >= 15 is 0 Å². The molecule has 1 aromatic heterocycles. The summed E-state index contributed by atoms with van der Waals surface area (Å²) in [5.74, 6) is 9.52. The normalized spacial score (nSPS) is 33.2. The second kappa shape index (κ2) is 4.46. The van der Waals surface area contributed by atoms with Crippen molar-refractivity contribution in [2.45, 2.75) is 45.1 Å². The van der Waals surface area contributed by atoms with Crippen molar-refractivity contribution in [2.75, 3.05) is 0 Å². The molecular weight excluding hydrogens is 212 g/mol. The minimum Gasteiger partial charge on any atom is -0.467 e. The highest BCUT2D eigenvalue weighted by Gasteiger charge is 2.40. The van der Waals surface area contributed by atoms with Gasteiger partial charge < -0.3 is 4.42 Å². The van der Waals surface area contributed by atoms with Crippen LogP contribution in [0.15, 0.2) is 16.7 Å². The van der Waals surface area contributed by atoms with E-state index in [4.69, 9.17) is 10.3 Å². The zero-order valence-corrected chi connectivity index (χ0v) is 10.5. The second-order valence-corrected chi connectivity index (χ2v) is 5.86. The van der Waals surface area contributed by atoms with Crippen molar-refractivity contribution in [1.82, 2.24) is 5.43 Å². The lowest BCUT2D eigenvalue weighted by Gasteiger charge is -2.25. The van der Waals surface area contributed by atoms with Gasteiger partial charge in [-0.05, 0) is 62.0 Å². The number of furan rings is 1. The van der Waals surface area contributed by atoms with Gasteiger partial charge in [-0.1, -0.05) is 6.42 Å². The molecule has 4 atom stereocenters. The maximum atomic E-state index is 5.70. The van der Waals surface area contributed by atoms with Crippen molar-refractivity contribution in [1.29, 1.82) is 0 Å². The molecular formula is C14H22N2O. The van der Waals surface area contributed by atoms with Gasteiger partial charge in [0.05, 0.1) is 12.3 Å². The molecule has 17 heavy (non-hydrogen) atoms. The quantitative estimate of drug-likeness (QED) is 0.622. The smallest absolute Gasteiger partial charge is 0.124 e. The van der Waals surface area contributed by atoms with Crippen LogP contribution in [-0.4, -0.2) is 0 Å². The first-order valence-electron chi connectivity index (χ1n) is 6.78. The van der Waals surface area contributed by atoms with Crippen LogP contribution in [0.3, 0.4) is 0 Å². The van der Waals surface area contributed by atoms with Gasteiger partial charge in [-0.25, -0.2) is 5.43 Å². The Morgan fingerprint density at radius 1 is 1.47 bits per heavy atom. The zero-order chi connectivity index (χ0) is 11.8. The predicted molar refractivity (Wildman–Crippen MR) is 67.1 cm³/mol. The van der Waals surface area contributed by atoms with Gasteiger partial charge in [0.15, 0.2) is 0 Å². The molecule has 3 heteroatoms. The minimum absolute atomic E-state index is 0.189. The fourth-order valence-corrected chi connectivity index (χ4v) is 3.96. The van der Waals surface area contributed by atoms with Crippen molar-refractivity contribution in [3.63, 3.8) is 0 Å². The van der Waals surface area contributed by atoms with Gasteiger partial charge in [-0.2, -0.15) is 0 Å². The summed E-state index contributed by atoms with van der Waals surface area (Å²) in [4.78, 5) is 0. The summed E-state index contributed by atoms with van der Waals surface area (Å²) < 4.78 is 5.57. The molecule has 2 fully saturated rings. The summed E-state index contributed by atoms with van der Waals surface area (Å²) in [5, 5.41) is 0. The molecule has 3 nitrogen and oxygen atoms in total. The van der Waals surface area contributed by atoms with Crippen LogP contribution in [0.5, 0.6) is 0 Å². The molecule has 0 amide bonds. The van der Waals surface area contributed by atoms with E-state index in [1.165, 1.54) is 31.2 Å². The number of nitrogens with one attached hydrogen (secondary N) is 1. The van der Waals surface area contributed by atoms with Crippen LogP contribution in [0.1, 0.15) is 49.5 Å². The number of nitrogens with two attached hydrogens (primary N) is 1. The average molecular weight is 234 g/mol. The van der Waals surface area contributed by atoms with E-state index in [0.29, 0.717) is 0 Å². The summed E-state index contributed by atoms with van der Waals surface area (Å²) >= 11 is 0. The van der Waals surface area contributed by atoms with Gasteiger partial charge in [-0.15, -0.1) is 0 Å². The molecule has 2 aliphatic carbocycles. The number of hydrogen-bond acceptors (Lipinski definition) is 3. The van der Waals surface area contributed by atoms with Gasteiger partial charge in [0, 0.05) is 0 Å². The van der Waals surface area contributed by atoms with Gasteiger partial charge in [0.25, 0.3) is 0 Å². The van der Waals surface area contributed by atoms with Crippen molar-refractivity contribution in [3.05, 3.63) is 23.7 Å². The Hall–Kier alpha value is -0.800. The Labute approximate surface area is 103 Å². The maximum Gasteiger partial charge on any atom is 0.124 e. The standard InChI is InChI=1S/C14H22N2O/c1-9-4-5-17-14(9)13(16-15)8-12-7-10-2-3-11(12)6-10/h4-5,10-13,16H,2-3,6-8,15H2,1H3. The van der Waals surface area contributed by atoms with Gasteiger partial charge in [0.1, 0.15) is 5.76 Å². The first-order valence-corrected chi connectivity index (χ1v) is 6.78. The summed E-state index contributed by atoms with van der Waals surface area (Å²) in [6.45, 7) is 2.09. The van der Waals surface area contributed by atoms with Crippen molar-refractivity contribution in [2.24, 2.45) is 23.6 Å². The largest absolute Gasteiger partial charge is 0.467 e. The molecule has 0 spiro atoms. The molecule has 1 heterocycles. The molecule has 0 aliphatic heterocycles. The lowest BCUT2D eigenvalue weighted by molar-refractivity contribution is 0.263. The van der Waals surface area contributed by atoms with Crippen LogP contribution in [0.4, 0.5) is 0 Å². The maximum absolute atomic E-state index is 5.70. The van der Waals surface area contributed by atoms with E-state index in [0.717, 1.165) is 29.9 Å². The van der Waals surface area contributed by atoms with E-state index in [-0.39, 0.29) is 6.04 Å². The van der Waals surface area contributed by atoms with Crippen molar-refractivity contribution in [3.8, 4) is 0 Å². The SMILES string of the molecule is Cc1ccoc1C(CC1CC2CCC1C2)NN.